The molecule has 0 amide bonds. The molecule has 3 nitrogen and oxygen atoms in total. The Morgan fingerprint density at radius 3 is 2.65 bits per heavy atom. The lowest BCUT2D eigenvalue weighted by molar-refractivity contribution is 0.144. The Labute approximate surface area is 124 Å². The summed E-state index contributed by atoms with van der Waals surface area (Å²) in [6.45, 7) is 3.39. The zero-order valence-corrected chi connectivity index (χ0v) is 12.5. The Morgan fingerprint density at radius 2 is 1.85 bits per heavy atom. The van der Waals surface area contributed by atoms with E-state index in [1.165, 1.54) is 54.6 Å². The van der Waals surface area contributed by atoms with Gasteiger partial charge in [-0.25, -0.2) is 0 Å². The van der Waals surface area contributed by atoms with Crippen molar-refractivity contribution >= 4 is 21.6 Å². The molecule has 1 aromatic heterocycles. The zero-order chi connectivity index (χ0) is 13.4. The number of aromatic nitrogens is 1. The lowest BCUT2D eigenvalue weighted by Gasteiger charge is -2.34. The van der Waals surface area contributed by atoms with Crippen molar-refractivity contribution in [1.29, 1.82) is 0 Å². The number of hydrogen-bond donors (Lipinski definition) is 1. The second-order valence-electron chi connectivity index (χ2n) is 6.01. The van der Waals surface area contributed by atoms with E-state index in [9.17, 15) is 0 Å². The monoisotopic (exact) mass is 287 g/mol. The highest BCUT2D eigenvalue weighted by Gasteiger charge is 2.34. The van der Waals surface area contributed by atoms with E-state index in [4.69, 9.17) is 4.37 Å². The molecular formula is C16H21N3S. The van der Waals surface area contributed by atoms with Crippen LogP contribution in [0.2, 0.25) is 0 Å². The number of fused-ring (bicyclic) bond motifs is 1. The fourth-order valence-corrected chi connectivity index (χ4v) is 4.11. The number of piperidine rings is 1. The predicted octanol–water partition coefficient (Wildman–Crippen LogP) is 3.01. The molecule has 1 saturated carbocycles. The van der Waals surface area contributed by atoms with Gasteiger partial charge in [-0.2, -0.15) is 4.37 Å². The van der Waals surface area contributed by atoms with E-state index in [2.05, 4.69) is 34.5 Å². The van der Waals surface area contributed by atoms with Gasteiger partial charge in [0.25, 0.3) is 0 Å². The van der Waals surface area contributed by atoms with Crippen LogP contribution >= 0.6 is 11.5 Å². The summed E-state index contributed by atoms with van der Waals surface area (Å²) >= 11 is 1.65. The van der Waals surface area contributed by atoms with Crippen molar-refractivity contribution in [3.05, 3.63) is 30.0 Å². The van der Waals surface area contributed by atoms with Crippen LogP contribution in [0.3, 0.4) is 0 Å². The number of hydrogen-bond acceptors (Lipinski definition) is 4. The Bertz CT molecular complexity index is 584. The molecule has 1 N–H and O–H groups in total. The predicted molar refractivity (Wildman–Crippen MR) is 84.1 cm³/mol. The maximum atomic E-state index is 4.72. The Hall–Kier alpha value is -0.970. The van der Waals surface area contributed by atoms with Gasteiger partial charge in [-0.3, -0.25) is 4.90 Å². The van der Waals surface area contributed by atoms with Crippen molar-refractivity contribution in [2.45, 2.75) is 44.3 Å². The normalized spacial score (nSPS) is 20.9. The molecule has 2 fully saturated rings. The molecule has 4 heteroatoms. The Morgan fingerprint density at radius 1 is 1.10 bits per heavy atom. The summed E-state index contributed by atoms with van der Waals surface area (Å²) in [4.78, 5) is 2.74. The topological polar surface area (TPSA) is 28.2 Å². The molecule has 1 saturated heterocycles. The van der Waals surface area contributed by atoms with Crippen molar-refractivity contribution in [3.63, 3.8) is 0 Å². The molecule has 1 aliphatic heterocycles. The number of nitrogens with one attached hydrogen (secondary N) is 1. The van der Waals surface area contributed by atoms with Crippen LogP contribution in [0.1, 0.15) is 31.4 Å². The standard InChI is InChI=1S/C16H21N3S/c1-2-4-16-14(3-1)15(18-20-16)11-19(12-5-6-12)13-7-9-17-10-8-13/h1-4,12-13,17H,5-11H2. The fraction of sp³-hybridized carbons (Fsp3) is 0.562. The minimum absolute atomic E-state index is 0.754. The van der Waals surface area contributed by atoms with Gasteiger partial charge >= 0.3 is 0 Å². The lowest BCUT2D eigenvalue weighted by atomic mass is 10.0. The van der Waals surface area contributed by atoms with Crippen LogP contribution in [0, 0.1) is 0 Å². The van der Waals surface area contributed by atoms with E-state index in [-0.39, 0.29) is 0 Å². The van der Waals surface area contributed by atoms with Gasteiger partial charge < -0.3 is 5.32 Å². The van der Waals surface area contributed by atoms with E-state index >= 15 is 0 Å². The van der Waals surface area contributed by atoms with Crippen molar-refractivity contribution in [3.8, 4) is 0 Å². The highest BCUT2D eigenvalue weighted by atomic mass is 32.1. The molecule has 0 unspecified atom stereocenters. The van der Waals surface area contributed by atoms with Gasteiger partial charge in [0.2, 0.25) is 0 Å². The Kier molecular flexibility index (Phi) is 3.46. The van der Waals surface area contributed by atoms with Crippen molar-refractivity contribution < 1.29 is 0 Å². The van der Waals surface area contributed by atoms with Gasteiger partial charge in [0.15, 0.2) is 0 Å². The molecule has 0 bridgehead atoms. The third kappa shape index (κ3) is 2.48. The van der Waals surface area contributed by atoms with Crippen molar-refractivity contribution in [2.75, 3.05) is 13.1 Å². The average molecular weight is 287 g/mol. The first-order valence-electron chi connectivity index (χ1n) is 7.71. The quantitative estimate of drug-likeness (QED) is 0.937. The van der Waals surface area contributed by atoms with Gasteiger partial charge in [0, 0.05) is 24.0 Å². The van der Waals surface area contributed by atoms with E-state index < -0.39 is 0 Å². The number of benzene rings is 1. The number of nitrogens with zero attached hydrogens (tertiary/aromatic N) is 2. The summed E-state index contributed by atoms with van der Waals surface area (Å²) in [5.74, 6) is 0. The van der Waals surface area contributed by atoms with Crippen LogP contribution in [0.4, 0.5) is 0 Å². The minimum atomic E-state index is 0.754. The summed E-state index contributed by atoms with van der Waals surface area (Å²) in [6.07, 6.45) is 5.34. The van der Waals surface area contributed by atoms with Gasteiger partial charge in [-0.1, -0.05) is 18.2 Å². The largest absolute Gasteiger partial charge is 0.317 e. The molecular weight excluding hydrogens is 266 g/mol. The van der Waals surface area contributed by atoms with Crippen LogP contribution in [0.25, 0.3) is 10.1 Å². The summed E-state index contributed by atoms with van der Waals surface area (Å²) < 4.78 is 6.05. The van der Waals surface area contributed by atoms with Crippen LogP contribution in [-0.4, -0.2) is 34.4 Å². The highest BCUT2D eigenvalue weighted by Crippen LogP contribution is 2.34. The third-order valence-corrected chi connectivity index (χ3v) is 5.44. The molecule has 0 atom stereocenters. The first-order chi connectivity index (χ1) is 9.92. The van der Waals surface area contributed by atoms with E-state index in [1.54, 1.807) is 11.5 Å². The molecule has 20 heavy (non-hydrogen) atoms. The zero-order valence-electron chi connectivity index (χ0n) is 11.7. The molecule has 2 aromatic rings. The maximum Gasteiger partial charge on any atom is 0.0761 e. The highest BCUT2D eigenvalue weighted by molar-refractivity contribution is 7.13. The minimum Gasteiger partial charge on any atom is -0.317 e. The van der Waals surface area contributed by atoms with Crippen LogP contribution in [0.15, 0.2) is 24.3 Å². The second-order valence-corrected chi connectivity index (χ2v) is 6.82. The molecule has 1 aromatic carbocycles. The second kappa shape index (κ2) is 5.43. The average Bonchev–Trinajstić information content (AvgIpc) is 3.27. The molecule has 0 radical (unpaired) electrons. The first-order valence-corrected chi connectivity index (χ1v) is 8.49. The smallest absolute Gasteiger partial charge is 0.0761 e. The lowest BCUT2D eigenvalue weighted by Crippen LogP contribution is -2.43. The van der Waals surface area contributed by atoms with Crippen molar-refractivity contribution in [2.24, 2.45) is 0 Å². The molecule has 1 aliphatic carbocycles. The van der Waals surface area contributed by atoms with Crippen LogP contribution in [-0.2, 0) is 6.54 Å². The summed E-state index contributed by atoms with van der Waals surface area (Å²) in [5, 5.41) is 4.84. The van der Waals surface area contributed by atoms with Crippen LogP contribution < -0.4 is 5.32 Å². The summed E-state index contributed by atoms with van der Waals surface area (Å²) in [6, 6.07) is 10.2. The van der Waals surface area contributed by atoms with Gasteiger partial charge in [0.05, 0.1) is 10.4 Å². The SMILES string of the molecule is c1ccc2c(CN(C3CCNCC3)C3CC3)nsc2c1. The molecule has 2 heterocycles. The van der Waals surface area contributed by atoms with E-state index in [0.29, 0.717) is 0 Å². The molecule has 0 spiro atoms. The van der Waals surface area contributed by atoms with Crippen molar-refractivity contribution in [1.82, 2.24) is 14.6 Å². The number of rotatable bonds is 4. The van der Waals surface area contributed by atoms with Crippen LogP contribution in [0.5, 0.6) is 0 Å². The maximum absolute atomic E-state index is 4.72. The van der Waals surface area contributed by atoms with E-state index in [0.717, 1.165) is 18.6 Å². The summed E-state index contributed by atoms with van der Waals surface area (Å²) in [7, 11) is 0. The fourth-order valence-electron chi connectivity index (χ4n) is 3.33. The summed E-state index contributed by atoms with van der Waals surface area (Å²) in [5.41, 5.74) is 1.29. The molecule has 106 valence electrons. The first kappa shape index (κ1) is 12.7. The molecule has 4 rings (SSSR count). The Balaban J connectivity index is 1.58. The van der Waals surface area contributed by atoms with Gasteiger partial charge in [0.1, 0.15) is 0 Å². The van der Waals surface area contributed by atoms with E-state index in [1.807, 2.05) is 0 Å². The third-order valence-electron chi connectivity index (χ3n) is 4.58. The van der Waals surface area contributed by atoms with Gasteiger partial charge in [-0.15, -0.1) is 0 Å². The molecule has 2 aliphatic rings. The van der Waals surface area contributed by atoms with Gasteiger partial charge in [-0.05, 0) is 56.4 Å².